The molecule has 154 valence electrons. The highest BCUT2D eigenvalue weighted by atomic mass is 79.9. The molecule has 0 atom stereocenters. The van der Waals surface area contributed by atoms with E-state index in [9.17, 15) is 9.90 Å². The Morgan fingerprint density at radius 2 is 1.83 bits per heavy atom. The summed E-state index contributed by atoms with van der Waals surface area (Å²) in [7, 11) is 0. The Morgan fingerprint density at radius 3 is 2.48 bits per heavy atom. The molecule has 0 unspecified atom stereocenters. The lowest BCUT2D eigenvalue weighted by Gasteiger charge is -2.23. The van der Waals surface area contributed by atoms with E-state index in [4.69, 9.17) is 4.74 Å². The van der Waals surface area contributed by atoms with E-state index in [0.29, 0.717) is 29.2 Å². The summed E-state index contributed by atoms with van der Waals surface area (Å²) >= 11 is 3.45. The molecule has 1 aliphatic heterocycles. The number of phenols is 1. The Hall–Kier alpha value is -2.11. The van der Waals surface area contributed by atoms with Gasteiger partial charge in [0.05, 0.1) is 11.1 Å². The van der Waals surface area contributed by atoms with Gasteiger partial charge < -0.3 is 9.84 Å². The molecule has 2 aromatic rings. The molecule has 0 bridgehead atoms. The van der Waals surface area contributed by atoms with Crippen molar-refractivity contribution in [2.45, 2.75) is 46.1 Å². The molecule has 1 N–H and O–H groups in total. The van der Waals surface area contributed by atoms with Crippen molar-refractivity contribution >= 4 is 27.8 Å². The van der Waals surface area contributed by atoms with Crippen molar-refractivity contribution in [3.05, 3.63) is 63.3 Å². The number of ketones is 1. The molecule has 0 spiro atoms. The number of ether oxygens (including phenoxy) is 1. The average Bonchev–Trinajstić information content (AvgIpc) is 3.01. The van der Waals surface area contributed by atoms with Crippen LogP contribution in [0.2, 0.25) is 0 Å². The van der Waals surface area contributed by atoms with Crippen LogP contribution in [0, 0.1) is 0 Å². The molecule has 4 nitrogen and oxygen atoms in total. The fraction of sp³-hybridized carbons (Fsp3) is 0.375. The van der Waals surface area contributed by atoms with E-state index in [-0.39, 0.29) is 11.5 Å². The van der Waals surface area contributed by atoms with Gasteiger partial charge in [0.15, 0.2) is 5.76 Å². The van der Waals surface area contributed by atoms with Crippen molar-refractivity contribution in [2.24, 2.45) is 0 Å². The Labute approximate surface area is 181 Å². The van der Waals surface area contributed by atoms with Gasteiger partial charge in [0.25, 0.3) is 0 Å². The number of carbonyl (C=O) groups excluding carboxylic acids is 1. The molecular weight excluding hydrogens is 430 g/mol. The standard InChI is InChI=1S/C24H28BrNO3/c1-3-5-12-26(13-6-4-2)16-20-21(27)11-10-19-23(28)22(29-24(19)20)15-17-8-7-9-18(25)14-17/h7-11,14-15,27H,3-6,12-13,16H2,1-2H3/b22-15+. The summed E-state index contributed by atoms with van der Waals surface area (Å²) < 4.78 is 6.93. The van der Waals surface area contributed by atoms with E-state index in [1.54, 1.807) is 18.2 Å². The van der Waals surface area contributed by atoms with Crippen LogP contribution < -0.4 is 4.74 Å². The Balaban J connectivity index is 1.89. The summed E-state index contributed by atoms with van der Waals surface area (Å²) in [4.78, 5) is 15.2. The first kappa shape index (κ1) is 21.6. The number of aromatic hydroxyl groups is 1. The van der Waals surface area contributed by atoms with Crippen LogP contribution in [-0.4, -0.2) is 28.9 Å². The summed E-state index contributed by atoms with van der Waals surface area (Å²) in [6.07, 6.45) is 6.20. The maximum absolute atomic E-state index is 12.9. The van der Waals surface area contributed by atoms with Gasteiger partial charge in [-0.1, -0.05) is 54.8 Å². The molecule has 1 aliphatic rings. The zero-order valence-electron chi connectivity index (χ0n) is 17.1. The number of hydrogen-bond acceptors (Lipinski definition) is 4. The summed E-state index contributed by atoms with van der Waals surface area (Å²) in [5.74, 6) is 0.820. The SMILES string of the molecule is CCCCN(CCCC)Cc1c(O)ccc2c1O/C(=C/c1cccc(Br)c1)C2=O. The number of fused-ring (bicyclic) bond motifs is 1. The highest BCUT2D eigenvalue weighted by Gasteiger charge is 2.31. The van der Waals surface area contributed by atoms with Gasteiger partial charge in [0, 0.05) is 11.0 Å². The quantitative estimate of drug-likeness (QED) is 0.457. The molecule has 5 heteroatoms. The van der Waals surface area contributed by atoms with Crippen LogP contribution in [0.15, 0.2) is 46.6 Å². The van der Waals surface area contributed by atoms with Gasteiger partial charge in [0.2, 0.25) is 5.78 Å². The van der Waals surface area contributed by atoms with E-state index >= 15 is 0 Å². The lowest BCUT2D eigenvalue weighted by molar-refractivity contribution is 0.101. The van der Waals surface area contributed by atoms with Crippen molar-refractivity contribution in [2.75, 3.05) is 13.1 Å². The Kier molecular flexibility index (Phi) is 7.51. The third kappa shape index (κ3) is 5.28. The van der Waals surface area contributed by atoms with E-state index < -0.39 is 0 Å². The second-order valence-electron chi connectivity index (χ2n) is 7.42. The molecule has 0 aliphatic carbocycles. The van der Waals surface area contributed by atoms with Crippen molar-refractivity contribution < 1.29 is 14.6 Å². The van der Waals surface area contributed by atoms with Gasteiger partial charge >= 0.3 is 0 Å². The largest absolute Gasteiger partial charge is 0.507 e. The first-order chi connectivity index (χ1) is 14.0. The highest BCUT2D eigenvalue weighted by Crippen LogP contribution is 2.40. The predicted molar refractivity (Wildman–Crippen MR) is 120 cm³/mol. The topological polar surface area (TPSA) is 49.8 Å². The van der Waals surface area contributed by atoms with E-state index in [1.807, 2.05) is 24.3 Å². The molecule has 1 heterocycles. The maximum atomic E-state index is 12.9. The van der Waals surface area contributed by atoms with Gasteiger partial charge in [-0.15, -0.1) is 0 Å². The number of Topliss-reactive ketones (excluding diaryl/α,β-unsaturated/α-hetero) is 1. The first-order valence-electron chi connectivity index (χ1n) is 10.3. The molecule has 29 heavy (non-hydrogen) atoms. The zero-order chi connectivity index (χ0) is 20.8. The molecule has 0 amide bonds. The third-order valence-electron chi connectivity index (χ3n) is 5.10. The van der Waals surface area contributed by atoms with Crippen molar-refractivity contribution in [3.8, 4) is 11.5 Å². The minimum Gasteiger partial charge on any atom is -0.507 e. The summed E-state index contributed by atoms with van der Waals surface area (Å²) in [6.45, 7) is 6.86. The Morgan fingerprint density at radius 1 is 1.10 bits per heavy atom. The second-order valence-corrected chi connectivity index (χ2v) is 8.33. The highest BCUT2D eigenvalue weighted by molar-refractivity contribution is 9.10. The molecule has 0 saturated heterocycles. The van der Waals surface area contributed by atoms with Crippen LogP contribution in [-0.2, 0) is 6.54 Å². The third-order valence-corrected chi connectivity index (χ3v) is 5.59. The molecule has 0 aromatic heterocycles. The number of hydrogen-bond donors (Lipinski definition) is 1. The maximum Gasteiger partial charge on any atom is 0.231 e. The molecule has 3 rings (SSSR count). The number of allylic oxidation sites excluding steroid dienone is 1. The predicted octanol–water partition coefficient (Wildman–Crippen LogP) is 6.17. The van der Waals surface area contributed by atoms with Gasteiger partial charge in [-0.2, -0.15) is 0 Å². The lowest BCUT2D eigenvalue weighted by atomic mass is 10.0. The van der Waals surface area contributed by atoms with Gasteiger partial charge in [-0.3, -0.25) is 9.69 Å². The number of benzene rings is 2. The molecular formula is C24H28BrNO3. The van der Waals surface area contributed by atoms with E-state index in [1.165, 1.54) is 0 Å². The van der Waals surface area contributed by atoms with Crippen molar-refractivity contribution in [1.29, 1.82) is 0 Å². The first-order valence-corrected chi connectivity index (χ1v) is 11.1. The number of rotatable bonds is 9. The zero-order valence-corrected chi connectivity index (χ0v) is 18.7. The minimum absolute atomic E-state index is 0.144. The molecule has 0 fully saturated rings. The van der Waals surface area contributed by atoms with E-state index in [2.05, 4.69) is 34.7 Å². The summed E-state index contributed by atoms with van der Waals surface area (Å²) in [5.41, 5.74) is 2.10. The summed E-state index contributed by atoms with van der Waals surface area (Å²) in [6, 6.07) is 11.0. The number of nitrogens with zero attached hydrogens (tertiary/aromatic N) is 1. The smallest absolute Gasteiger partial charge is 0.231 e. The van der Waals surface area contributed by atoms with Crippen LogP contribution in [0.4, 0.5) is 0 Å². The number of carbonyl (C=O) groups is 1. The fourth-order valence-electron chi connectivity index (χ4n) is 3.45. The van der Waals surface area contributed by atoms with Gasteiger partial charge in [-0.05, 0) is 61.8 Å². The monoisotopic (exact) mass is 457 g/mol. The van der Waals surface area contributed by atoms with Crippen molar-refractivity contribution in [1.82, 2.24) is 4.90 Å². The lowest BCUT2D eigenvalue weighted by Crippen LogP contribution is -2.25. The number of halogens is 1. The van der Waals surface area contributed by atoms with Crippen molar-refractivity contribution in [3.63, 3.8) is 0 Å². The van der Waals surface area contributed by atoms with Gasteiger partial charge in [-0.25, -0.2) is 0 Å². The van der Waals surface area contributed by atoms with Crippen LogP contribution in [0.3, 0.4) is 0 Å². The fourth-order valence-corrected chi connectivity index (χ4v) is 3.87. The van der Waals surface area contributed by atoms with Crippen LogP contribution in [0.5, 0.6) is 11.5 Å². The summed E-state index contributed by atoms with van der Waals surface area (Å²) in [5, 5.41) is 10.5. The Bertz CT molecular complexity index is 899. The molecule has 0 radical (unpaired) electrons. The molecule has 2 aromatic carbocycles. The number of unbranched alkanes of at least 4 members (excludes halogenated alkanes) is 2. The number of phenolic OH excluding ortho intramolecular Hbond substituents is 1. The molecule has 0 saturated carbocycles. The van der Waals surface area contributed by atoms with Crippen LogP contribution in [0.25, 0.3) is 6.08 Å². The normalized spacial score (nSPS) is 14.5. The average molecular weight is 458 g/mol. The minimum atomic E-state index is -0.144. The van der Waals surface area contributed by atoms with Crippen LogP contribution in [0.1, 0.15) is 61.0 Å². The second kappa shape index (κ2) is 10.1. The van der Waals surface area contributed by atoms with Gasteiger partial charge in [0.1, 0.15) is 11.5 Å². The van der Waals surface area contributed by atoms with E-state index in [0.717, 1.165) is 48.8 Å². The van der Waals surface area contributed by atoms with Crippen LogP contribution >= 0.6 is 15.9 Å².